The van der Waals surface area contributed by atoms with E-state index in [2.05, 4.69) is 5.32 Å². The Labute approximate surface area is 148 Å². The maximum atomic E-state index is 12.0. The van der Waals surface area contributed by atoms with Gasteiger partial charge in [0, 0.05) is 28.7 Å². The summed E-state index contributed by atoms with van der Waals surface area (Å²) in [5.74, 6) is -1.13. The molecule has 132 valence electrons. The van der Waals surface area contributed by atoms with E-state index in [1.807, 2.05) is 0 Å². The number of rotatable bonds is 7. The quantitative estimate of drug-likeness (QED) is 0.600. The molecule has 0 aliphatic rings. The second-order valence-electron chi connectivity index (χ2n) is 5.29. The number of aryl methyl sites for hydroxylation is 1. The highest BCUT2D eigenvalue weighted by molar-refractivity contribution is 7.07. The van der Waals surface area contributed by atoms with Gasteiger partial charge in [-0.1, -0.05) is 18.3 Å². The number of esters is 1. The van der Waals surface area contributed by atoms with Gasteiger partial charge in [-0.15, -0.1) is 0 Å². The fourth-order valence-electron chi connectivity index (χ4n) is 1.99. The van der Waals surface area contributed by atoms with Crippen LogP contribution in [0.5, 0.6) is 0 Å². The zero-order valence-corrected chi connectivity index (χ0v) is 14.7. The lowest BCUT2D eigenvalue weighted by Gasteiger charge is -2.07. The second kappa shape index (κ2) is 8.39. The van der Waals surface area contributed by atoms with Crippen LogP contribution in [0, 0.1) is 6.92 Å². The topological polar surface area (TPSA) is 94.5 Å². The van der Waals surface area contributed by atoms with Crippen molar-refractivity contribution in [3.63, 3.8) is 0 Å². The van der Waals surface area contributed by atoms with Gasteiger partial charge in [-0.2, -0.15) is 0 Å². The Bertz CT molecular complexity index is 835. The Kier molecular flexibility index (Phi) is 6.24. The molecule has 0 spiro atoms. The molecule has 25 heavy (non-hydrogen) atoms. The molecule has 2 rings (SSSR count). The van der Waals surface area contributed by atoms with Crippen molar-refractivity contribution in [2.45, 2.75) is 26.8 Å². The van der Waals surface area contributed by atoms with E-state index in [0.717, 1.165) is 11.3 Å². The van der Waals surface area contributed by atoms with Crippen LogP contribution in [0.1, 0.15) is 29.4 Å². The number of benzene rings is 1. The lowest BCUT2D eigenvalue weighted by atomic mass is 10.1. The maximum absolute atomic E-state index is 12.0. The first-order valence-electron chi connectivity index (χ1n) is 7.64. The lowest BCUT2D eigenvalue weighted by Crippen LogP contribution is -2.24. The monoisotopic (exact) mass is 362 g/mol. The number of hydrogen-bond donors (Lipinski definition) is 1. The number of aromatic nitrogens is 1. The number of ketones is 1. The van der Waals surface area contributed by atoms with Crippen molar-refractivity contribution in [3.8, 4) is 0 Å². The molecule has 2 aromatic rings. The zero-order valence-electron chi connectivity index (χ0n) is 13.9. The van der Waals surface area contributed by atoms with Crippen LogP contribution in [0.2, 0.25) is 0 Å². The first kappa shape index (κ1) is 18.6. The molecular formula is C17H18N2O5S. The number of hydrogen-bond acceptors (Lipinski definition) is 6. The molecule has 1 amide bonds. The molecule has 0 saturated heterocycles. The summed E-state index contributed by atoms with van der Waals surface area (Å²) in [5.41, 5.74) is 1.63. The molecule has 1 aromatic carbocycles. The summed E-state index contributed by atoms with van der Waals surface area (Å²) in [5, 5.41) is 4.33. The SMILES string of the molecule is CCC(=O)Nc1ccc(C(=O)COC(=O)Cn2c(C)csc2=O)cc1. The highest BCUT2D eigenvalue weighted by atomic mass is 32.1. The van der Waals surface area contributed by atoms with Crippen molar-refractivity contribution in [2.75, 3.05) is 11.9 Å². The minimum Gasteiger partial charge on any atom is -0.456 e. The molecule has 1 aromatic heterocycles. The van der Waals surface area contributed by atoms with Gasteiger partial charge in [0.2, 0.25) is 5.91 Å². The molecule has 8 heteroatoms. The lowest BCUT2D eigenvalue weighted by molar-refractivity contribution is -0.143. The third-order valence-corrected chi connectivity index (χ3v) is 4.32. The largest absolute Gasteiger partial charge is 0.456 e. The Balaban J connectivity index is 1.88. The number of Topliss-reactive ketones (excluding diaryl/α,β-unsaturated/α-hetero) is 1. The molecule has 0 fully saturated rings. The number of thiazole rings is 1. The predicted octanol–water partition coefficient (Wildman–Crippen LogP) is 1.99. The summed E-state index contributed by atoms with van der Waals surface area (Å²) in [6, 6.07) is 6.32. The first-order chi connectivity index (χ1) is 11.9. The molecular weight excluding hydrogens is 344 g/mol. The van der Waals surface area contributed by atoms with E-state index in [1.165, 1.54) is 4.57 Å². The van der Waals surface area contributed by atoms with E-state index < -0.39 is 12.6 Å². The summed E-state index contributed by atoms with van der Waals surface area (Å²) in [7, 11) is 0. The fourth-order valence-corrected chi connectivity index (χ4v) is 2.72. The van der Waals surface area contributed by atoms with E-state index in [4.69, 9.17) is 4.74 Å². The van der Waals surface area contributed by atoms with Gasteiger partial charge in [-0.05, 0) is 31.2 Å². The Morgan fingerprint density at radius 2 is 1.88 bits per heavy atom. The van der Waals surface area contributed by atoms with Gasteiger partial charge < -0.3 is 10.1 Å². The van der Waals surface area contributed by atoms with Crippen molar-refractivity contribution >= 4 is 34.7 Å². The smallest absolute Gasteiger partial charge is 0.326 e. The van der Waals surface area contributed by atoms with Gasteiger partial charge in [0.25, 0.3) is 0 Å². The maximum Gasteiger partial charge on any atom is 0.326 e. The molecule has 0 bridgehead atoms. The summed E-state index contributed by atoms with van der Waals surface area (Å²) >= 11 is 1.00. The van der Waals surface area contributed by atoms with Gasteiger partial charge in [0.1, 0.15) is 6.54 Å². The number of amides is 1. The van der Waals surface area contributed by atoms with Crippen LogP contribution in [0.4, 0.5) is 5.69 Å². The van der Waals surface area contributed by atoms with E-state index in [9.17, 15) is 19.2 Å². The van der Waals surface area contributed by atoms with Gasteiger partial charge in [0.15, 0.2) is 12.4 Å². The molecule has 1 N–H and O–H groups in total. The molecule has 1 heterocycles. The van der Waals surface area contributed by atoms with Gasteiger partial charge >= 0.3 is 10.8 Å². The van der Waals surface area contributed by atoms with Crippen molar-refractivity contribution in [1.29, 1.82) is 0 Å². The van der Waals surface area contributed by atoms with Crippen LogP contribution >= 0.6 is 11.3 Å². The normalized spacial score (nSPS) is 10.3. The Morgan fingerprint density at radius 1 is 1.20 bits per heavy atom. The first-order valence-corrected chi connectivity index (χ1v) is 8.52. The fraction of sp³-hybridized carbons (Fsp3) is 0.294. The van der Waals surface area contributed by atoms with Crippen LogP contribution in [0.15, 0.2) is 34.4 Å². The molecule has 0 radical (unpaired) electrons. The third-order valence-electron chi connectivity index (χ3n) is 3.44. The number of carbonyl (C=O) groups is 3. The standard InChI is InChI=1S/C17H18N2O5S/c1-3-15(21)18-13-6-4-12(5-7-13)14(20)9-24-16(22)8-19-11(2)10-25-17(19)23/h4-7,10H,3,8-9H2,1-2H3,(H,18,21). The van der Waals surface area contributed by atoms with Gasteiger partial charge in [0.05, 0.1) is 0 Å². The van der Waals surface area contributed by atoms with Crippen LogP contribution < -0.4 is 10.2 Å². The molecule has 7 nitrogen and oxygen atoms in total. The number of ether oxygens (including phenoxy) is 1. The Hall–Kier alpha value is -2.74. The highest BCUT2D eigenvalue weighted by Gasteiger charge is 2.13. The van der Waals surface area contributed by atoms with E-state index in [-0.39, 0.29) is 23.1 Å². The van der Waals surface area contributed by atoms with Crippen LogP contribution in [0.3, 0.4) is 0 Å². The number of carbonyl (C=O) groups excluding carboxylic acids is 3. The minimum absolute atomic E-state index is 0.119. The van der Waals surface area contributed by atoms with Crippen molar-refractivity contribution in [2.24, 2.45) is 0 Å². The zero-order chi connectivity index (χ0) is 18.4. The van der Waals surface area contributed by atoms with E-state index >= 15 is 0 Å². The molecule has 0 aliphatic heterocycles. The average Bonchev–Trinajstić information content (AvgIpc) is 2.92. The highest BCUT2D eigenvalue weighted by Crippen LogP contribution is 2.11. The summed E-state index contributed by atoms with van der Waals surface area (Å²) < 4.78 is 6.23. The second-order valence-corrected chi connectivity index (χ2v) is 6.11. The third kappa shape index (κ3) is 5.12. The van der Waals surface area contributed by atoms with Crippen molar-refractivity contribution in [1.82, 2.24) is 4.57 Å². The molecule has 0 saturated carbocycles. The summed E-state index contributed by atoms with van der Waals surface area (Å²) in [4.78, 5) is 46.4. The number of anilines is 1. The predicted molar refractivity (Wildman–Crippen MR) is 94.0 cm³/mol. The number of nitrogens with one attached hydrogen (secondary N) is 1. The van der Waals surface area contributed by atoms with Crippen molar-refractivity contribution < 1.29 is 19.1 Å². The van der Waals surface area contributed by atoms with Gasteiger partial charge in [-0.25, -0.2) is 0 Å². The molecule has 0 unspecified atom stereocenters. The van der Waals surface area contributed by atoms with Gasteiger partial charge in [-0.3, -0.25) is 23.7 Å². The molecule has 0 atom stereocenters. The van der Waals surface area contributed by atoms with E-state index in [0.29, 0.717) is 23.4 Å². The number of nitrogens with zero attached hydrogens (tertiary/aromatic N) is 1. The molecule has 0 aliphatic carbocycles. The van der Waals surface area contributed by atoms with Crippen LogP contribution in [-0.4, -0.2) is 28.8 Å². The van der Waals surface area contributed by atoms with Crippen LogP contribution in [0.25, 0.3) is 0 Å². The average molecular weight is 362 g/mol. The summed E-state index contributed by atoms with van der Waals surface area (Å²) in [6.07, 6.45) is 0.364. The Morgan fingerprint density at radius 3 is 2.44 bits per heavy atom. The van der Waals surface area contributed by atoms with Crippen LogP contribution in [-0.2, 0) is 20.9 Å². The summed E-state index contributed by atoms with van der Waals surface area (Å²) in [6.45, 7) is 2.84. The van der Waals surface area contributed by atoms with Crippen molar-refractivity contribution in [3.05, 3.63) is 50.6 Å². The van der Waals surface area contributed by atoms with E-state index in [1.54, 1.807) is 43.5 Å². The minimum atomic E-state index is -0.649.